The minimum Gasteiger partial charge on any atom is -0.497 e. The van der Waals surface area contributed by atoms with Crippen molar-refractivity contribution in [2.45, 2.75) is 57.0 Å². The molecule has 0 aromatic heterocycles. The fourth-order valence-electron chi connectivity index (χ4n) is 5.44. The van der Waals surface area contributed by atoms with Crippen molar-refractivity contribution in [3.63, 3.8) is 0 Å². The van der Waals surface area contributed by atoms with Crippen LogP contribution in [-0.2, 0) is 4.79 Å². The standard InChI is InChI=1S/C22H33N3O2/c1-27-20-7-3-6-19(14-20)24-18-8-10-25(11-9-18)22(26)17-12-15-4-2-5-16(13-17)21(15)23/h3,6-7,14-18,21,24H,2,4-5,8-13,23H2,1H3. The highest BCUT2D eigenvalue weighted by Gasteiger charge is 2.41. The van der Waals surface area contributed by atoms with Crippen LogP contribution in [0.1, 0.15) is 44.9 Å². The monoisotopic (exact) mass is 371 g/mol. The average molecular weight is 372 g/mol. The number of rotatable bonds is 4. The first kappa shape index (κ1) is 18.6. The van der Waals surface area contributed by atoms with E-state index in [1.54, 1.807) is 7.11 Å². The third-order valence-electron chi connectivity index (χ3n) is 7.01. The van der Waals surface area contributed by atoms with E-state index in [4.69, 9.17) is 10.5 Å². The summed E-state index contributed by atoms with van der Waals surface area (Å²) in [6.07, 6.45) is 7.76. The Balaban J connectivity index is 1.29. The molecule has 1 aliphatic heterocycles. The van der Waals surface area contributed by atoms with Crippen molar-refractivity contribution in [3.05, 3.63) is 24.3 Å². The van der Waals surface area contributed by atoms with Crippen LogP contribution in [0, 0.1) is 17.8 Å². The predicted molar refractivity (Wildman–Crippen MR) is 108 cm³/mol. The van der Waals surface area contributed by atoms with Crippen molar-refractivity contribution in [2.75, 3.05) is 25.5 Å². The van der Waals surface area contributed by atoms with E-state index in [0.717, 1.165) is 50.2 Å². The lowest BCUT2D eigenvalue weighted by molar-refractivity contribution is -0.139. The largest absolute Gasteiger partial charge is 0.497 e. The molecule has 1 heterocycles. The Morgan fingerprint density at radius 1 is 1.15 bits per heavy atom. The molecule has 1 amide bonds. The van der Waals surface area contributed by atoms with Crippen molar-refractivity contribution in [3.8, 4) is 5.75 Å². The van der Waals surface area contributed by atoms with Crippen LogP contribution < -0.4 is 15.8 Å². The zero-order valence-corrected chi connectivity index (χ0v) is 16.4. The summed E-state index contributed by atoms with van der Waals surface area (Å²) >= 11 is 0. The number of piperidine rings is 1. The van der Waals surface area contributed by atoms with Gasteiger partial charge in [0.15, 0.2) is 0 Å². The third-order valence-corrected chi connectivity index (χ3v) is 7.01. The summed E-state index contributed by atoms with van der Waals surface area (Å²) in [6.45, 7) is 1.72. The molecule has 2 aliphatic carbocycles. The molecule has 4 rings (SSSR count). The Kier molecular flexibility index (Phi) is 5.58. The maximum atomic E-state index is 13.1. The number of benzene rings is 1. The lowest BCUT2D eigenvalue weighted by atomic mass is 9.65. The quantitative estimate of drug-likeness (QED) is 0.852. The molecule has 0 spiro atoms. The second kappa shape index (κ2) is 8.09. The highest BCUT2D eigenvalue weighted by molar-refractivity contribution is 5.79. The molecule has 3 fully saturated rings. The Morgan fingerprint density at radius 3 is 2.52 bits per heavy atom. The van der Waals surface area contributed by atoms with Crippen LogP contribution in [0.4, 0.5) is 5.69 Å². The molecular weight excluding hydrogens is 338 g/mol. The van der Waals surface area contributed by atoms with Gasteiger partial charge in [0, 0.05) is 42.8 Å². The number of nitrogens with one attached hydrogen (secondary N) is 1. The number of hydrogen-bond acceptors (Lipinski definition) is 4. The molecule has 1 aromatic rings. The lowest BCUT2D eigenvalue weighted by Gasteiger charge is -2.45. The van der Waals surface area contributed by atoms with Crippen molar-refractivity contribution < 1.29 is 9.53 Å². The number of fused-ring (bicyclic) bond motifs is 2. The van der Waals surface area contributed by atoms with Gasteiger partial charge in [-0.3, -0.25) is 4.79 Å². The first-order chi connectivity index (χ1) is 13.1. The number of hydrogen-bond donors (Lipinski definition) is 2. The summed E-state index contributed by atoms with van der Waals surface area (Å²) in [4.78, 5) is 15.2. The Labute approximate surface area is 162 Å². The molecule has 2 saturated carbocycles. The van der Waals surface area contributed by atoms with Crippen LogP contribution in [0.5, 0.6) is 5.75 Å². The number of anilines is 1. The minimum atomic E-state index is 0.211. The maximum Gasteiger partial charge on any atom is 0.225 e. The van der Waals surface area contributed by atoms with Crippen molar-refractivity contribution >= 4 is 11.6 Å². The number of likely N-dealkylation sites (tertiary alicyclic amines) is 1. The lowest BCUT2D eigenvalue weighted by Crippen LogP contribution is -2.51. The fraction of sp³-hybridized carbons (Fsp3) is 0.682. The highest BCUT2D eigenvalue weighted by Crippen LogP contribution is 2.42. The molecule has 5 nitrogen and oxygen atoms in total. The van der Waals surface area contributed by atoms with Gasteiger partial charge in [-0.25, -0.2) is 0 Å². The number of amides is 1. The summed E-state index contributed by atoms with van der Waals surface area (Å²) in [6, 6.07) is 8.81. The van der Waals surface area contributed by atoms with Crippen molar-refractivity contribution in [2.24, 2.45) is 23.5 Å². The molecule has 1 saturated heterocycles. The molecule has 3 aliphatic rings. The number of ether oxygens (including phenoxy) is 1. The second-order valence-corrected chi connectivity index (χ2v) is 8.67. The number of nitrogens with two attached hydrogens (primary N) is 1. The molecule has 2 atom stereocenters. The molecule has 3 N–H and O–H groups in total. The summed E-state index contributed by atoms with van der Waals surface area (Å²) in [7, 11) is 1.69. The molecule has 0 radical (unpaired) electrons. The highest BCUT2D eigenvalue weighted by atomic mass is 16.5. The van der Waals surface area contributed by atoms with Crippen LogP contribution in [0.2, 0.25) is 0 Å². The number of methoxy groups -OCH3 is 1. The van der Waals surface area contributed by atoms with E-state index in [1.807, 2.05) is 18.2 Å². The van der Waals surface area contributed by atoms with Gasteiger partial charge in [-0.05, 0) is 62.5 Å². The van der Waals surface area contributed by atoms with Crippen LogP contribution in [0.25, 0.3) is 0 Å². The summed E-state index contributed by atoms with van der Waals surface area (Å²) < 4.78 is 5.30. The number of nitrogens with zero attached hydrogens (tertiary/aromatic N) is 1. The van der Waals surface area contributed by atoms with Gasteiger partial charge in [0.05, 0.1) is 7.11 Å². The molecule has 148 valence electrons. The van der Waals surface area contributed by atoms with Crippen LogP contribution in [0.3, 0.4) is 0 Å². The number of carbonyl (C=O) groups excluding carboxylic acids is 1. The van der Waals surface area contributed by atoms with E-state index in [9.17, 15) is 4.79 Å². The van der Waals surface area contributed by atoms with Crippen molar-refractivity contribution in [1.82, 2.24) is 4.90 Å². The van der Waals surface area contributed by atoms with Gasteiger partial charge in [0.2, 0.25) is 5.91 Å². The zero-order chi connectivity index (χ0) is 18.8. The SMILES string of the molecule is COc1cccc(NC2CCN(C(=O)C3CC4CCCC(C3)C4N)CC2)c1. The van der Waals surface area contributed by atoms with Gasteiger partial charge in [-0.1, -0.05) is 12.5 Å². The molecule has 5 heteroatoms. The van der Waals surface area contributed by atoms with Crippen molar-refractivity contribution in [1.29, 1.82) is 0 Å². The van der Waals surface area contributed by atoms with Gasteiger partial charge < -0.3 is 20.7 Å². The van der Waals surface area contributed by atoms with E-state index in [-0.39, 0.29) is 5.92 Å². The van der Waals surface area contributed by atoms with Gasteiger partial charge >= 0.3 is 0 Å². The van der Waals surface area contributed by atoms with E-state index >= 15 is 0 Å². The molecule has 2 unspecified atom stereocenters. The Hall–Kier alpha value is -1.75. The Bertz CT molecular complexity index is 643. The summed E-state index contributed by atoms with van der Waals surface area (Å²) in [5.41, 5.74) is 7.49. The summed E-state index contributed by atoms with van der Waals surface area (Å²) in [5.74, 6) is 2.60. The van der Waals surface area contributed by atoms with Crippen LogP contribution >= 0.6 is 0 Å². The fourth-order valence-corrected chi connectivity index (χ4v) is 5.44. The normalized spacial score (nSPS) is 31.4. The van der Waals surface area contributed by atoms with E-state index < -0.39 is 0 Å². The molecular formula is C22H33N3O2. The van der Waals surface area contributed by atoms with E-state index in [1.165, 1.54) is 19.3 Å². The Morgan fingerprint density at radius 2 is 1.85 bits per heavy atom. The predicted octanol–water partition coefficient (Wildman–Crippen LogP) is 3.25. The minimum absolute atomic E-state index is 0.211. The average Bonchev–Trinajstić information content (AvgIpc) is 2.68. The van der Waals surface area contributed by atoms with Crippen LogP contribution in [0.15, 0.2) is 24.3 Å². The first-order valence-corrected chi connectivity index (χ1v) is 10.6. The summed E-state index contributed by atoms with van der Waals surface area (Å²) in [5, 5.41) is 3.60. The zero-order valence-electron chi connectivity index (χ0n) is 16.4. The second-order valence-electron chi connectivity index (χ2n) is 8.67. The smallest absolute Gasteiger partial charge is 0.225 e. The molecule has 2 bridgehead atoms. The van der Waals surface area contributed by atoms with Gasteiger partial charge in [0.25, 0.3) is 0 Å². The first-order valence-electron chi connectivity index (χ1n) is 10.6. The van der Waals surface area contributed by atoms with Gasteiger partial charge in [-0.15, -0.1) is 0 Å². The molecule has 1 aromatic carbocycles. The number of carbonyl (C=O) groups is 1. The maximum absolute atomic E-state index is 13.1. The van der Waals surface area contributed by atoms with E-state index in [0.29, 0.717) is 29.8 Å². The van der Waals surface area contributed by atoms with E-state index in [2.05, 4.69) is 16.3 Å². The van der Waals surface area contributed by atoms with Crippen LogP contribution in [-0.4, -0.2) is 43.1 Å². The van der Waals surface area contributed by atoms with Gasteiger partial charge in [-0.2, -0.15) is 0 Å². The van der Waals surface area contributed by atoms with Gasteiger partial charge in [0.1, 0.15) is 5.75 Å². The molecule has 27 heavy (non-hydrogen) atoms. The third kappa shape index (κ3) is 4.08. The topological polar surface area (TPSA) is 67.6 Å².